The molecule has 1 aromatic carbocycles. The summed E-state index contributed by atoms with van der Waals surface area (Å²) in [6, 6.07) is 7.24. The third kappa shape index (κ3) is 2.27. The quantitative estimate of drug-likeness (QED) is 0.794. The van der Waals surface area contributed by atoms with E-state index in [0.29, 0.717) is 22.3 Å². The minimum atomic E-state index is -0.171. The lowest BCUT2D eigenvalue weighted by molar-refractivity contribution is 0.174. The summed E-state index contributed by atoms with van der Waals surface area (Å²) >= 11 is 1.34. The van der Waals surface area contributed by atoms with Crippen LogP contribution in [-0.2, 0) is 6.54 Å². The van der Waals surface area contributed by atoms with Crippen molar-refractivity contribution in [1.29, 1.82) is 0 Å². The number of hydrogen-bond acceptors (Lipinski definition) is 7. The minimum absolute atomic E-state index is 0.171. The van der Waals surface area contributed by atoms with Gasteiger partial charge in [0.25, 0.3) is 5.56 Å². The third-order valence-electron chi connectivity index (χ3n) is 3.25. The number of hydrogen-bond donors (Lipinski definition) is 1. The van der Waals surface area contributed by atoms with Gasteiger partial charge >= 0.3 is 0 Å². The Hall–Kier alpha value is -2.61. The minimum Gasteiger partial charge on any atom is -0.454 e. The van der Waals surface area contributed by atoms with E-state index in [9.17, 15) is 4.79 Å². The molecule has 0 atom stereocenters. The van der Waals surface area contributed by atoms with Crippen LogP contribution in [0.5, 0.6) is 11.5 Å². The molecule has 0 bridgehead atoms. The fourth-order valence-corrected chi connectivity index (χ4v) is 3.07. The van der Waals surface area contributed by atoms with Gasteiger partial charge in [-0.3, -0.25) is 4.79 Å². The first-order chi connectivity index (χ1) is 10.7. The molecule has 0 radical (unpaired) electrons. The van der Waals surface area contributed by atoms with Crippen molar-refractivity contribution in [3.63, 3.8) is 0 Å². The summed E-state index contributed by atoms with van der Waals surface area (Å²) in [4.78, 5) is 16.7. The average molecular weight is 316 g/mol. The SMILES string of the molecule is Cc1cc(=O)n2nc(NCc3ccc4c(c3)OCO4)sc2n1. The Labute approximate surface area is 129 Å². The lowest BCUT2D eigenvalue weighted by Crippen LogP contribution is -2.14. The van der Waals surface area contributed by atoms with E-state index in [0.717, 1.165) is 17.1 Å². The topological polar surface area (TPSA) is 77.8 Å². The summed E-state index contributed by atoms with van der Waals surface area (Å²) in [5.41, 5.74) is 1.56. The number of anilines is 1. The van der Waals surface area contributed by atoms with Crippen LogP contribution in [0.25, 0.3) is 4.96 Å². The van der Waals surface area contributed by atoms with Crippen LogP contribution in [-0.4, -0.2) is 21.4 Å². The van der Waals surface area contributed by atoms with Crippen LogP contribution in [0.15, 0.2) is 29.1 Å². The van der Waals surface area contributed by atoms with Gasteiger partial charge in [0, 0.05) is 18.3 Å². The number of ether oxygens (including phenoxy) is 2. The summed E-state index contributed by atoms with van der Waals surface area (Å²) in [7, 11) is 0. The van der Waals surface area contributed by atoms with Gasteiger partial charge in [-0.15, -0.1) is 5.10 Å². The number of benzene rings is 1. The fraction of sp³-hybridized carbons (Fsp3) is 0.214. The largest absolute Gasteiger partial charge is 0.454 e. The van der Waals surface area contributed by atoms with Crippen LogP contribution in [0.3, 0.4) is 0 Å². The molecule has 0 spiro atoms. The molecule has 0 unspecified atom stereocenters. The van der Waals surface area contributed by atoms with E-state index in [1.165, 1.54) is 21.9 Å². The van der Waals surface area contributed by atoms with Gasteiger partial charge < -0.3 is 14.8 Å². The molecule has 3 aromatic rings. The Kier molecular flexibility index (Phi) is 2.97. The van der Waals surface area contributed by atoms with E-state index in [1.807, 2.05) is 18.2 Å². The van der Waals surface area contributed by atoms with Crippen LogP contribution in [0.1, 0.15) is 11.3 Å². The molecule has 4 rings (SSSR count). The molecule has 22 heavy (non-hydrogen) atoms. The number of nitrogens with one attached hydrogen (secondary N) is 1. The molecular weight excluding hydrogens is 304 g/mol. The normalized spacial score (nSPS) is 12.8. The molecule has 0 saturated carbocycles. The van der Waals surface area contributed by atoms with Gasteiger partial charge in [0.15, 0.2) is 11.5 Å². The fourth-order valence-electron chi connectivity index (χ4n) is 2.22. The van der Waals surface area contributed by atoms with Crippen LogP contribution in [0.4, 0.5) is 5.13 Å². The molecule has 1 N–H and O–H groups in total. The molecule has 1 aliphatic rings. The Bertz CT molecular complexity index is 918. The molecule has 0 saturated heterocycles. The zero-order valence-corrected chi connectivity index (χ0v) is 12.5. The van der Waals surface area contributed by atoms with Crippen LogP contribution < -0.4 is 20.3 Å². The van der Waals surface area contributed by atoms with Gasteiger partial charge in [-0.25, -0.2) is 4.98 Å². The highest BCUT2D eigenvalue weighted by molar-refractivity contribution is 7.20. The van der Waals surface area contributed by atoms with Gasteiger partial charge in [-0.2, -0.15) is 4.52 Å². The molecular formula is C14H12N4O3S. The first-order valence-corrected chi connectivity index (χ1v) is 7.50. The van der Waals surface area contributed by atoms with Crippen molar-refractivity contribution < 1.29 is 9.47 Å². The van der Waals surface area contributed by atoms with Gasteiger partial charge in [0.2, 0.25) is 16.9 Å². The highest BCUT2D eigenvalue weighted by atomic mass is 32.1. The molecule has 3 heterocycles. The number of aromatic nitrogens is 3. The van der Waals surface area contributed by atoms with Gasteiger partial charge in [-0.1, -0.05) is 17.4 Å². The standard InChI is InChI=1S/C14H12N4O3S/c1-8-4-12(19)18-14(16-8)22-13(17-18)15-6-9-2-3-10-11(5-9)21-7-20-10/h2-5H,6-7H2,1H3,(H,15,17). The summed E-state index contributed by atoms with van der Waals surface area (Å²) in [5.74, 6) is 1.51. The first-order valence-electron chi connectivity index (χ1n) is 6.69. The number of aryl methyl sites for hydroxylation is 1. The van der Waals surface area contributed by atoms with Crippen LogP contribution >= 0.6 is 11.3 Å². The Morgan fingerprint density at radius 3 is 3.09 bits per heavy atom. The highest BCUT2D eigenvalue weighted by Crippen LogP contribution is 2.32. The smallest absolute Gasteiger partial charge is 0.275 e. The first kappa shape index (κ1) is 13.1. The molecule has 1 aliphatic heterocycles. The van der Waals surface area contributed by atoms with Gasteiger partial charge in [0.05, 0.1) is 0 Å². The maximum absolute atomic E-state index is 11.8. The number of fused-ring (bicyclic) bond motifs is 2. The monoisotopic (exact) mass is 316 g/mol. The molecule has 112 valence electrons. The second-order valence-electron chi connectivity index (χ2n) is 4.88. The second kappa shape index (κ2) is 4.99. The van der Waals surface area contributed by atoms with Crippen molar-refractivity contribution in [2.75, 3.05) is 12.1 Å². The molecule has 8 heteroatoms. The highest BCUT2D eigenvalue weighted by Gasteiger charge is 2.13. The molecule has 7 nitrogen and oxygen atoms in total. The maximum atomic E-state index is 11.8. The Balaban J connectivity index is 1.56. The van der Waals surface area contributed by atoms with E-state index in [1.54, 1.807) is 6.92 Å². The molecule has 2 aromatic heterocycles. The predicted octanol–water partition coefficient (Wildman–Crippen LogP) is 1.80. The van der Waals surface area contributed by atoms with Crippen molar-refractivity contribution in [2.45, 2.75) is 13.5 Å². The lowest BCUT2D eigenvalue weighted by Gasteiger charge is -2.03. The van der Waals surface area contributed by atoms with Crippen molar-refractivity contribution in [3.05, 3.63) is 45.9 Å². The lowest BCUT2D eigenvalue weighted by atomic mass is 10.2. The van der Waals surface area contributed by atoms with Crippen molar-refractivity contribution >= 4 is 21.4 Å². The molecule has 0 fully saturated rings. The van der Waals surface area contributed by atoms with Crippen LogP contribution in [0, 0.1) is 6.92 Å². The molecule has 0 amide bonds. The zero-order chi connectivity index (χ0) is 15.1. The van der Waals surface area contributed by atoms with E-state index >= 15 is 0 Å². The van der Waals surface area contributed by atoms with Crippen molar-refractivity contribution in [1.82, 2.24) is 14.6 Å². The number of rotatable bonds is 3. The van der Waals surface area contributed by atoms with Gasteiger partial charge in [0.1, 0.15) is 0 Å². The number of nitrogens with zero attached hydrogens (tertiary/aromatic N) is 3. The van der Waals surface area contributed by atoms with E-state index in [2.05, 4.69) is 15.4 Å². The third-order valence-corrected chi connectivity index (χ3v) is 4.12. The van der Waals surface area contributed by atoms with E-state index in [-0.39, 0.29) is 12.4 Å². The molecule has 0 aliphatic carbocycles. The average Bonchev–Trinajstić information content (AvgIpc) is 3.10. The second-order valence-corrected chi connectivity index (χ2v) is 5.83. The summed E-state index contributed by atoms with van der Waals surface area (Å²) < 4.78 is 11.9. The predicted molar refractivity (Wildman–Crippen MR) is 81.8 cm³/mol. The Morgan fingerprint density at radius 2 is 2.18 bits per heavy atom. The summed E-state index contributed by atoms with van der Waals surface area (Å²) in [6.45, 7) is 2.63. The maximum Gasteiger partial charge on any atom is 0.275 e. The van der Waals surface area contributed by atoms with E-state index in [4.69, 9.17) is 9.47 Å². The van der Waals surface area contributed by atoms with Gasteiger partial charge in [-0.05, 0) is 24.6 Å². The van der Waals surface area contributed by atoms with Crippen molar-refractivity contribution in [2.24, 2.45) is 0 Å². The van der Waals surface area contributed by atoms with E-state index < -0.39 is 0 Å². The summed E-state index contributed by atoms with van der Waals surface area (Å²) in [6.07, 6.45) is 0. The summed E-state index contributed by atoms with van der Waals surface area (Å²) in [5, 5.41) is 8.08. The van der Waals surface area contributed by atoms with Crippen LogP contribution in [0.2, 0.25) is 0 Å². The Morgan fingerprint density at radius 1 is 1.32 bits per heavy atom. The van der Waals surface area contributed by atoms with Crippen molar-refractivity contribution in [3.8, 4) is 11.5 Å². The zero-order valence-electron chi connectivity index (χ0n) is 11.7.